The second kappa shape index (κ2) is 6.28. The number of aryl methyl sites for hydroxylation is 1. The van der Waals surface area contributed by atoms with Crippen LogP contribution < -0.4 is 4.74 Å². The van der Waals surface area contributed by atoms with Crippen molar-refractivity contribution in [2.45, 2.75) is 32.6 Å². The third kappa shape index (κ3) is 3.77. The van der Waals surface area contributed by atoms with Crippen molar-refractivity contribution < 1.29 is 14.3 Å². The van der Waals surface area contributed by atoms with E-state index in [0.29, 0.717) is 18.8 Å². The highest BCUT2D eigenvalue weighted by Crippen LogP contribution is 2.27. The molecule has 94 valence electrons. The van der Waals surface area contributed by atoms with Crippen molar-refractivity contribution in [3.05, 3.63) is 29.3 Å². The molecule has 1 rings (SSSR count). The van der Waals surface area contributed by atoms with Crippen LogP contribution in [0.4, 0.5) is 0 Å². The number of ether oxygens (including phenoxy) is 2. The Morgan fingerprint density at radius 1 is 1.29 bits per heavy atom. The lowest BCUT2D eigenvalue weighted by Gasteiger charge is -2.13. The molecular formula is C14H20O3. The number of carbonyl (C=O) groups is 1. The second-order valence-corrected chi connectivity index (χ2v) is 4.31. The molecule has 0 radical (unpaired) electrons. The summed E-state index contributed by atoms with van der Waals surface area (Å²) in [5, 5.41) is 0. The van der Waals surface area contributed by atoms with E-state index in [0.717, 1.165) is 11.3 Å². The molecule has 17 heavy (non-hydrogen) atoms. The zero-order valence-electron chi connectivity index (χ0n) is 10.9. The van der Waals surface area contributed by atoms with Crippen LogP contribution in [0.2, 0.25) is 0 Å². The van der Waals surface area contributed by atoms with Gasteiger partial charge in [-0.05, 0) is 29.5 Å². The van der Waals surface area contributed by atoms with Gasteiger partial charge in [-0.3, -0.25) is 4.79 Å². The summed E-state index contributed by atoms with van der Waals surface area (Å²) in [5.41, 5.74) is 2.31. The summed E-state index contributed by atoms with van der Waals surface area (Å²) in [6, 6.07) is 6.06. The summed E-state index contributed by atoms with van der Waals surface area (Å²) in [4.78, 5) is 11.1. The molecular weight excluding hydrogens is 216 g/mol. The minimum atomic E-state index is -0.174. The SMILES string of the molecule is COC(=O)CCc1ccc(OC)c(C(C)C)c1. The Bertz CT molecular complexity index is 383. The van der Waals surface area contributed by atoms with Crippen LogP contribution >= 0.6 is 0 Å². The summed E-state index contributed by atoms with van der Waals surface area (Å²) in [5.74, 6) is 1.14. The van der Waals surface area contributed by atoms with Gasteiger partial charge in [0.2, 0.25) is 0 Å². The van der Waals surface area contributed by atoms with Gasteiger partial charge in [-0.25, -0.2) is 0 Å². The number of benzene rings is 1. The monoisotopic (exact) mass is 236 g/mol. The Hall–Kier alpha value is -1.51. The van der Waals surface area contributed by atoms with Crippen LogP contribution in [-0.2, 0) is 16.0 Å². The standard InChI is InChI=1S/C14H20O3/c1-10(2)12-9-11(5-7-13(12)16-3)6-8-14(15)17-4/h5,7,9-10H,6,8H2,1-4H3. The lowest BCUT2D eigenvalue weighted by Crippen LogP contribution is -2.03. The maximum absolute atomic E-state index is 11.1. The molecule has 3 heteroatoms. The third-order valence-corrected chi connectivity index (χ3v) is 2.76. The molecule has 1 aromatic rings. The largest absolute Gasteiger partial charge is 0.496 e. The average molecular weight is 236 g/mol. The number of hydrogen-bond donors (Lipinski definition) is 0. The first-order valence-corrected chi connectivity index (χ1v) is 5.82. The van der Waals surface area contributed by atoms with E-state index >= 15 is 0 Å². The van der Waals surface area contributed by atoms with Crippen LogP contribution in [0.25, 0.3) is 0 Å². The first-order valence-electron chi connectivity index (χ1n) is 5.82. The van der Waals surface area contributed by atoms with E-state index in [1.54, 1.807) is 7.11 Å². The Morgan fingerprint density at radius 3 is 2.53 bits per heavy atom. The van der Waals surface area contributed by atoms with Crippen LogP contribution in [-0.4, -0.2) is 20.2 Å². The lowest BCUT2D eigenvalue weighted by molar-refractivity contribution is -0.140. The van der Waals surface area contributed by atoms with Crippen molar-refractivity contribution in [1.82, 2.24) is 0 Å². The molecule has 0 aliphatic carbocycles. The van der Waals surface area contributed by atoms with Crippen molar-refractivity contribution in [1.29, 1.82) is 0 Å². The quantitative estimate of drug-likeness (QED) is 0.737. The predicted octanol–water partition coefficient (Wildman–Crippen LogP) is 2.92. The van der Waals surface area contributed by atoms with Crippen molar-refractivity contribution >= 4 is 5.97 Å². The van der Waals surface area contributed by atoms with Gasteiger partial charge in [0.05, 0.1) is 14.2 Å². The fourth-order valence-electron chi connectivity index (χ4n) is 1.74. The molecule has 0 bridgehead atoms. The number of methoxy groups -OCH3 is 2. The molecule has 0 amide bonds. The van der Waals surface area contributed by atoms with Gasteiger partial charge in [0.15, 0.2) is 0 Å². The molecule has 0 saturated carbocycles. The van der Waals surface area contributed by atoms with Gasteiger partial charge in [-0.15, -0.1) is 0 Å². The summed E-state index contributed by atoms with van der Waals surface area (Å²) in [6.45, 7) is 4.25. The van der Waals surface area contributed by atoms with Crippen molar-refractivity contribution in [2.75, 3.05) is 14.2 Å². The number of rotatable bonds is 5. The normalized spacial score (nSPS) is 10.4. The highest BCUT2D eigenvalue weighted by atomic mass is 16.5. The van der Waals surface area contributed by atoms with E-state index in [9.17, 15) is 4.79 Å². The molecule has 0 saturated heterocycles. The van der Waals surface area contributed by atoms with Gasteiger partial charge >= 0.3 is 5.97 Å². The average Bonchev–Trinajstić information content (AvgIpc) is 2.35. The molecule has 0 aliphatic rings. The summed E-state index contributed by atoms with van der Waals surface area (Å²) in [7, 11) is 3.09. The first kappa shape index (κ1) is 13.6. The zero-order valence-corrected chi connectivity index (χ0v) is 10.9. The Balaban J connectivity index is 2.81. The maximum atomic E-state index is 11.1. The van der Waals surface area contributed by atoms with Crippen molar-refractivity contribution in [2.24, 2.45) is 0 Å². The van der Waals surface area contributed by atoms with Crippen LogP contribution in [0.3, 0.4) is 0 Å². The molecule has 0 atom stereocenters. The molecule has 1 aromatic carbocycles. The maximum Gasteiger partial charge on any atom is 0.305 e. The summed E-state index contributed by atoms with van der Waals surface area (Å²) in [6.07, 6.45) is 1.12. The van der Waals surface area contributed by atoms with Crippen LogP contribution in [0, 0.1) is 0 Å². The Kier molecular flexibility index (Phi) is 5.01. The molecule has 0 spiro atoms. The van der Waals surface area contributed by atoms with Crippen LogP contribution in [0.5, 0.6) is 5.75 Å². The molecule has 0 N–H and O–H groups in total. The molecule has 0 heterocycles. The highest BCUT2D eigenvalue weighted by molar-refractivity contribution is 5.69. The van der Waals surface area contributed by atoms with Gasteiger partial charge < -0.3 is 9.47 Å². The van der Waals surface area contributed by atoms with E-state index < -0.39 is 0 Å². The van der Waals surface area contributed by atoms with E-state index in [1.807, 2.05) is 12.1 Å². The molecule has 0 fully saturated rings. The zero-order chi connectivity index (χ0) is 12.8. The second-order valence-electron chi connectivity index (χ2n) is 4.31. The van der Waals surface area contributed by atoms with Gasteiger partial charge in [0, 0.05) is 6.42 Å². The highest BCUT2D eigenvalue weighted by Gasteiger charge is 2.09. The van der Waals surface area contributed by atoms with E-state index in [-0.39, 0.29) is 5.97 Å². The molecule has 0 aromatic heterocycles. The van der Waals surface area contributed by atoms with E-state index in [2.05, 4.69) is 24.7 Å². The molecule has 0 aliphatic heterocycles. The van der Waals surface area contributed by atoms with Gasteiger partial charge in [-0.1, -0.05) is 26.0 Å². The Labute approximate surface area is 103 Å². The smallest absolute Gasteiger partial charge is 0.305 e. The Morgan fingerprint density at radius 2 is 2.00 bits per heavy atom. The topological polar surface area (TPSA) is 35.5 Å². The van der Waals surface area contributed by atoms with E-state index in [1.165, 1.54) is 12.7 Å². The van der Waals surface area contributed by atoms with Crippen molar-refractivity contribution in [3.8, 4) is 5.75 Å². The summed E-state index contributed by atoms with van der Waals surface area (Å²) >= 11 is 0. The minimum absolute atomic E-state index is 0.174. The molecule has 0 unspecified atom stereocenters. The first-order chi connectivity index (χ1) is 8.08. The third-order valence-electron chi connectivity index (χ3n) is 2.76. The van der Waals surface area contributed by atoms with Crippen LogP contribution in [0.15, 0.2) is 18.2 Å². The van der Waals surface area contributed by atoms with Crippen LogP contribution in [0.1, 0.15) is 37.3 Å². The number of esters is 1. The number of carbonyl (C=O) groups excluding carboxylic acids is 1. The fourth-order valence-corrected chi connectivity index (χ4v) is 1.74. The molecule has 3 nitrogen and oxygen atoms in total. The number of hydrogen-bond acceptors (Lipinski definition) is 3. The van der Waals surface area contributed by atoms with Gasteiger partial charge in [0.1, 0.15) is 5.75 Å². The predicted molar refractivity (Wildman–Crippen MR) is 67.4 cm³/mol. The summed E-state index contributed by atoms with van der Waals surface area (Å²) < 4.78 is 9.95. The van der Waals surface area contributed by atoms with Gasteiger partial charge in [-0.2, -0.15) is 0 Å². The van der Waals surface area contributed by atoms with Gasteiger partial charge in [0.25, 0.3) is 0 Å². The fraction of sp³-hybridized carbons (Fsp3) is 0.500. The van der Waals surface area contributed by atoms with E-state index in [4.69, 9.17) is 4.74 Å². The lowest BCUT2D eigenvalue weighted by atomic mass is 9.98. The van der Waals surface area contributed by atoms with Crippen molar-refractivity contribution in [3.63, 3.8) is 0 Å². The minimum Gasteiger partial charge on any atom is -0.496 e.